The smallest absolute Gasteiger partial charge is 0.191 e. The number of rotatable bonds is 8. The van der Waals surface area contributed by atoms with Gasteiger partial charge >= 0.3 is 0 Å². The lowest BCUT2D eigenvalue weighted by molar-refractivity contribution is 0.309. The molecule has 5 nitrogen and oxygen atoms in total. The second-order valence-electron chi connectivity index (χ2n) is 5.45. The van der Waals surface area contributed by atoms with Crippen molar-refractivity contribution in [2.45, 2.75) is 33.7 Å². The summed E-state index contributed by atoms with van der Waals surface area (Å²) in [5.74, 6) is 1.78. The third-order valence-electron chi connectivity index (χ3n) is 3.35. The minimum absolute atomic E-state index is 0.605. The molecular formula is C18H26N4OS. The minimum atomic E-state index is 0.605. The number of hydrogen-bond donors (Lipinski definition) is 2. The molecule has 0 spiro atoms. The molecule has 1 aromatic heterocycles. The number of aromatic nitrogens is 1. The van der Waals surface area contributed by atoms with Gasteiger partial charge in [-0.25, -0.2) is 9.98 Å². The van der Waals surface area contributed by atoms with Gasteiger partial charge < -0.3 is 15.4 Å². The lowest BCUT2D eigenvalue weighted by Gasteiger charge is -2.12. The van der Waals surface area contributed by atoms with Crippen LogP contribution in [0.25, 0.3) is 0 Å². The molecule has 0 unspecified atom stereocenters. The maximum absolute atomic E-state index is 5.80. The van der Waals surface area contributed by atoms with Crippen LogP contribution < -0.4 is 15.4 Å². The molecule has 1 heterocycles. The van der Waals surface area contributed by atoms with Crippen LogP contribution in [0.5, 0.6) is 5.75 Å². The van der Waals surface area contributed by atoms with Gasteiger partial charge in [0.25, 0.3) is 0 Å². The van der Waals surface area contributed by atoms with Crippen molar-refractivity contribution < 1.29 is 4.74 Å². The molecule has 6 heteroatoms. The van der Waals surface area contributed by atoms with Gasteiger partial charge in [0, 0.05) is 24.2 Å². The van der Waals surface area contributed by atoms with E-state index < -0.39 is 0 Å². The Bertz CT molecular complexity index is 654. The molecule has 0 atom stereocenters. The van der Waals surface area contributed by atoms with Crippen LogP contribution in [0.15, 0.2) is 35.5 Å². The summed E-state index contributed by atoms with van der Waals surface area (Å²) >= 11 is 1.68. The Morgan fingerprint density at radius 1 is 1.25 bits per heavy atom. The van der Waals surface area contributed by atoms with Crippen molar-refractivity contribution in [2.24, 2.45) is 4.99 Å². The fraction of sp³-hybridized carbons (Fsp3) is 0.444. The molecule has 0 fully saturated rings. The first kappa shape index (κ1) is 18.3. The number of nitrogens with zero attached hydrogens (tertiary/aromatic N) is 2. The fourth-order valence-corrected chi connectivity index (χ4v) is 2.85. The van der Waals surface area contributed by atoms with E-state index in [-0.39, 0.29) is 0 Å². The van der Waals surface area contributed by atoms with Crippen LogP contribution in [-0.4, -0.2) is 30.6 Å². The zero-order chi connectivity index (χ0) is 17.2. The Kier molecular flexibility index (Phi) is 7.55. The van der Waals surface area contributed by atoms with Gasteiger partial charge in [0.15, 0.2) is 5.96 Å². The maximum atomic E-state index is 5.80. The van der Waals surface area contributed by atoms with E-state index in [1.807, 2.05) is 24.4 Å². The highest BCUT2D eigenvalue weighted by atomic mass is 32.1. The number of ether oxygens (including phenoxy) is 1. The molecule has 0 saturated heterocycles. The Morgan fingerprint density at radius 2 is 2.08 bits per heavy atom. The lowest BCUT2D eigenvalue weighted by atomic mass is 10.2. The summed E-state index contributed by atoms with van der Waals surface area (Å²) in [4.78, 5) is 10.1. The summed E-state index contributed by atoms with van der Waals surface area (Å²) in [5, 5.41) is 7.62. The number of aliphatic imine (C=N–C) groups is 1. The van der Waals surface area contributed by atoms with Gasteiger partial charge in [-0.2, -0.15) is 0 Å². The SMILES string of the molecule is CCNC(=NCc1ncc(C)s1)NCCCOc1ccccc1C. The molecule has 1 aromatic carbocycles. The minimum Gasteiger partial charge on any atom is -0.493 e. The van der Waals surface area contributed by atoms with E-state index in [9.17, 15) is 0 Å². The van der Waals surface area contributed by atoms with Crippen molar-refractivity contribution >= 4 is 17.3 Å². The van der Waals surface area contributed by atoms with Crippen LogP contribution in [-0.2, 0) is 6.54 Å². The van der Waals surface area contributed by atoms with Gasteiger partial charge in [-0.15, -0.1) is 11.3 Å². The van der Waals surface area contributed by atoms with Crippen LogP contribution in [0.2, 0.25) is 0 Å². The normalized spacial score (nSPS) is 11.4. The Labute approximate surface area is 148 Å². The van der Waals surface area contributed by atoms with Gasteiger partial charge in [0.05, 0.1) is 13.2 Å². The monoisotopic (exact) mass is 346 g/mol. The molecule has 130 valence electrons. The molecule has 2 aromatic rings. The topological polar surface area (TPSA) is 58.5 Å². The number of nitrogens with one attached hydrogen (secondary N) is 2. The van der Waals surface area contributed by atoms with E-state index in [0.29, 0.717) is 13.2 Å². The summed E-state index contributed by atoms with van der Waals surface area (Å²) in [5.41, 5.74) is 1.17. The zero-order valence-corrected chi connectivity index (χ0v) is 15.4. The first-order chi connectivity index (χ1) is 11.7. The van der Waals surface area contributed by atoms with Crippen LogP contribution in [0.4, 0.5) is 0 Å². The largest absolute Gasteiger partial charge is 0.493 e. The second kappa shape index (κ2) is 9.93. The summed E-state index contributed by atoms with van der Waals surface area (Å²) < 4.78 is 5.80. The highest BCUT2D eigenvalue weighted by Crippen LogP contribution is 2.16. The van der Waals surface area contributed by atoms with Crippen molar-refractivity contribution in [1.82, 2.24) is 15.6 Å². The summed E-state index contributed by atoms with van der Waals surface area (Å²) in [7, 11) is 0. The number of hydrogen-bond acceptors (Lipinski definition) is 4. The van der Waals surface area contributed by atoms with E-state index >= 15 is 0 Å². The molecular weight excluding hydrogens is 320 g/mol. The van der Waals surface area contributed by atoms with Crippen LogP contribution in [0, 0.1) is 13.8 Å². The quantitative estimate of drug-likeness (QED) is 0.437. The number of benzene rings is 1. The standard InChI is InChI=1S/C18H26N4OS/c1-4-19-18(22-13-17-21-12-15(3)24-17)20-10-7-11-23-16-9-6-5-8-14(16)2/h5-6,8-9,12H,4,7,10-11,13H2,1-3H3,(H2,19,20,22). The molecule has 0 aliphatic rings. The Morgan fingerprint density at radius 3 is 2.79 bits per heavy atom. The van der Waals surface area contributed by atoms with Crippen molar-refractivity contribution in [1.29, 1.82) is 0 Å². The first-order valence-electron chi connectivity index (χ1n) is 8.31. The Hall–Kier alpha value is -2.08. The third kappa shape index (κ3) is 6.20. The lowest BCUT2D eigenvalue weighted by Crippen LogP contribution is -2.38. The average molecular weight is 347 g/mol. The summed E-state index contributed by atoms with van der Waals surface area (Å²) in [6, 6.07) is 8.08. The van der Waals surface area contributed by atoms with Crippen molar-refractivity contribution in [2.75, 3.05) is 19.7 Å². The third-order valence-corrected chi connectivity index (χ3v) is 4.25. The predicted octanol–water partition coefficient (Wildman–Crippen LogP) is 3.28. The first-order valence-corrected chi connectivity index (χ1v) is 9.12. The fourth-order valence-electron chi connectivity index (χ4n) is 2.14. The van der Waals surface area contributed by atoms with E-state index in [2.05, 4.69) is 47.4 Å². The van der Waals surface area contributed by atoms with E-state index in [4.69, 9.17) is 4.74 Å². The summed E-state index contributed by atoms with van der Waals surface area (Å²) in [6.45, 7) is 9.12. The molecule has 0 radical (unpaired) electrons. The molecule has 0 amide bonds. The molecule has 0 saturated carbocycles. The van der Waals surface area contributed by atoms with Gasteiger partial charge in [0.2, 0.25) is 0 Å². The summed E-state index contributed by atoms with van der Waals surface area (Å²) in [6.07, 6.45) is 2.80. The average Bonchev–Trinajstić information content (AvgIpc) is 2.99. The zero-order valence-electron chi connectivity index (χ0n) is 14.6. The van der Waals surface area contributed by atoms with Crippen molar-refractivity contribution in [3.63, 3.8) is 0 Å². The van der Waals surface area contributed by atoms with Gasteiger partial charge in [-0.05, 0) is 38.8 Å². The highest BCUT2D eigenvalue weighted by molar-refractivity contribution is 7.11. The van der Waals surface area contributed by atoms with Crippen LogP contribution in [0.3, 0.4) is 0 Å². The molecule has 0 bridgehead atoms. The van der Waals surface area contributed by atoms with Crippen LogP contribution in [0.1, 0.15) is 28.8 Å². The second-order valence-corrected chi connectivity index (χ2v) is 6.77. The van der Waals surface area contributed by atoms with Crippen LogP contribution >= 0.6 is 11.3 Å². The van der Waals surface area contributed by atoms with E-state index in [1.165, 1.54) is 10.4 Å². The Balaban J connectivity index is 1.72. The number of aryl methyl sites for hydroxylation is 2. The predicted molar refractivity (Wildman–Crippen MR) is 101 cm³/mol. The maximum Gasteiger partial charge on any atom is 0.191 e. The van der Waals surface area contributed by atoms with E-state index in [0.717, 1.165) is 36.2 Å². The molecule has 2 N–H and O–H groups in total. The van der Waals surface area contributed by atoms with Crippen molar-refractivity contribution in [3.8, 4) is 5.75 Å². The van der Waals surface area contributed by atoms with Gasteiger partial charge in [-0.3, -0.25) is 0 Å². The van der Waals surface area contributed by atoms with E-state index in [1.54, 1.807) is 11.3 Å². The number of thiazole rings is 1. The van der Waals surface area contributed by atoms with Crippen molar-refractivity contribution in [3.05, 3.63) is 45.9 Å². The number of para-hydroxylation sites is 1. The molecule has 24 heavy (non-hydrogen) atoms. The van der Waals surface area contributed by atoms with Gasteiger partial charge in [-0.1, -0.05) is 18.2 Å². The highest BCUT2D eigenvalue weighted by Gasteiger charge is 2.01. The molecule has 0 aliphatic heterocycles. The molecule has 2 rings (SSSR count). The number of guanidine groups is 1. The van der Waals surface area contributed by atoms with Gasteiger partial charge in [0.1, 0.15) is 10.8 Å². The molecule has 0 aliphatic carbocycles.